The smallest absolute Gasteiger partial charge is 0.275 e. The number of rotatable bonds is 6. The first-order valence-corrected chi connectivity index (χ1v) is 7.55. The Morgan fingerprint density at radius 1 is 1.18 bits per heavy atom. The number of nitrogens with zero attached hydrogens (tertiary/aromatic N) is 2. The molecule has 116 valence electrons. The van der Waals surface area contributed by atoms with Gasteiger partial charge in [0.05, 0.1) is 12.4 Å². The Labute approximate surface area is 131 Å². The fourth-order valence-electron chi connectivity index (χ4n) is 1.98. The number of aryl methyl sites for hydroxylation is 1. The van der Waals surface area contributed by atoms with Crippen LogP contribution in [0.3, 0.4) is 0 Å². The standard InChI is InChI=1S/C17H22N4O/c1-4-13-7-5-6-8-14(13)21-17(22)15-10-20-16(11-18-15)19-9-12(2)3/h5-8,10-12H,4,9H2,1-3H3,(H,19,20)(H,21,22). The van der Waals surface area contributed by atoms with Crippen LogP contribution < -0.4 is 10.6 Å². The summed E-state index contributed by atoms with van der Waals surface area (Å²) >= 11 is 0. The van der Waals surface area contributed by atoms with Crippen LogP contribution in [-0.4, -0.2) is 22.4 Å². The van der Waals surface area contributed by atoms with Gasteiger partial charge < -0.3 is 10.6 Å². The predicted molar refractivity (Wildman–Crippen MR) is 89.1 cm³/mol. The third-order valence-corrected chi connectivity index (χ3v) is 3.22. The Balaban J connectivity index is 2.03. The van der Waals surface area contributed by atoms with Crippen molar-refractivity contribution in [3.05, 3.63) is 47.9 Å². The third-order valence-electron chi connectivity index (χ3n) is 3.22. The second kappa shape index (κ2) is 7.54. The van der Waals surface area contributed by atoms with Crippen molar-refractivity contribution in [1.29, 1.82) is 0 Å². The zero-order valence-corrected chi connectivity index (χ0v) is 13.3. The third kappa shape index (κ3) is 4.28. The summed E-state index contributed by atoms with van der Waals surface area (Å²) in [5, 5.41) is 6.06. The lowest BCUT2D eigenvalue weighted by molar-refractivity contribution is 0.102. The monoisotopic (exact) mass is 298 g/mol. The fraction of sp³-hybridized carbons (Fsp3) is 0.353. The van der Waals surface area contributed by atoms with Gasteiger partial charge in [-0.1, -0.05) is 39.0 Å². The molecule has 0 atom stereocenters. The van der Waals surface area contributed by atoms with Crippen LogP contribution in [0.5, 0.6) is 0 Å². The minimum Gasteiger partial charge on any atom is -0.369 e. The van der Waals surface area contributed by atoms with E-state index in [2.05, 4.69) is 41.4 Å². The number of hydrogen-bond acceptors (Lipinski definition) is 4. The lowest BCUT2D eigenvalue weighted by Crippen LogP contribution is -2.16. The van der Waals surface area contributed by atoms with Gasteiger partial charge in [0.2, 0.25) is 0 Å². The summed E-state index contributed by atoms with van der Waals surface area (Å²) in [5.41, 5.74) is 2.22. The summed E-state index contributed by atoms with van der Waals surface area (Å²) in [6.45, 7) is 7.12. The van der Waals surface area contributed by atoms with E-state index in [1.54, 1.807) is 6.20 Å². The molecule has 1 aromatic carbocycles. The van der Waals surface area contributed by atoms with E-state index in [1.807, 2.05) is 24.3 Å². The Kier molecular flexibility index (Phi) is 5.47. The number of carbonyl (C=O) groups excluding carboxylic acids is 1. The van der Waals surface area contributed by atoms with Crippen molar-refractivity contribution >= 4 is 17.4 Å². The van der Waals surface area contributed by atoms with E-state index in [1.165, 1.54) is 6.20 Å². The van der Waals surface area contributed by atoms with Crippen molar-refractivity contribution in [2.75, 3.05) is 17.2 Å². The summed E-state index contributed by atoms with van der Waals surface area (Å²) < 4.78 is 0. The Bertz CT molecular complexity index is 623. The lowest BCUT2D eigenvalue weighted by atomic mass is 10.1. The van der Waals surface area contributed by atoms with E-state index < -0.39 is 0 Å². The molecule has 0 fully saturated rings. The molecule has 0 radical (unpaired) electrons. The van der Waals surface area contributed by atoms with Crippen LogP contribution in [0.4, 0.5) is 11.5 Å². The van der Waals surface area contributed by atoms with Crippen molar-refractivity contribution in [3.63, 3.8) is 0 Å². The first-order chi connectivity index (χ1) is 10.6. The molecule has 0 bridgehead atoms. The normalized spacial score (nSPS) is 10.5. The number of hydrogen-bond donors (Lipinski definition) is 2. The van der Waals surface area contributed by atoms with Crippen molar-refractivity contribution in [2.45, 2.75) is 27.2 Å². The highest BCUT2D eigenvalue weighted by molar-refractivity contribution is 6.03. The molecule has 5 nitrogen and oxygen atoms in total. The molecule has 0 aliphatic rings. The minimum atomic E-state index is -0.246. The van der Waals surface area contributed by atoms with Gasteiger partial charge in [0.25, 0.3) is 5.91 Å². The summed E-state index contributed by atoms with van der Waals surface area (Å²) in [5.74, 6) is 0.957. The summed E-state index contributed by atoms with van der Waals surface area (Å²) in [6, 6.07) is 7.76. The van der Waals surface area contributed by atoms with Gasteiger partial charge >= 0.3 is 0 Å². The first-order valence-electron chi connectivity index (χ1n) is 7.55. The van der Waals surface area contributed by atoms with Crippen LogP contribution in [0.2, 0.25) is 0 Å². The molecule has 1 amide bonds. The van der Waals surface area contributed by atoms with Crippen LogP contribution in [0.1, 0.15) is 36.8 Å². The molecule has 2 aromatic rings. The molecule has 0 unspecified atom stereocenters. The number of amides is 1. The van der Waals surface area contributed by atoms with Crippen LogP contribution in [0.15, 0.2) is 36.7 Å². The van der Waals surface area contributed by atoms with Crippen molar-refractivity contribution in [3.8, 4) is 0 Å². The van der Waals surface area contributed by atoms with Crippen molar-refractivity contribution in [1.82, 2.24) is 9.97 Å². The van der Waals surface area contributed by atoms with Gasteiger partial charge in [0.1, 0.15) is 11.5 Å². The molecule has 5 heteroatoms. The summed E-state index contributed by atoms with van der Waals surface area (Å²) in [6.07, 6.45) is 3.94. The van der Waals surface area contributed by atoms with E-state index >= 15 is 0 Å². The molecule has 0 saturated heterocycles. The molecule has 1 aromatic heterocycles. The Morgan fingerprint density at radius 2 is 1.95 bits per heavy atom. The Morgan fingerprint density at radius 3 is 2.59 bits per heavy atom. The van der Waals surface area contributed by atoms with Gasteiger partial charge in [-0.05, 0) is 24.0 Å². The van der Waals surface area contributed by atoms with Crippen LogP contribution in [0, 0.1) is 5.92 Å². The molecule has 1 heterocycles. The quantitative estimate of drug-likeness (QED) is 0.858. The lowest BCUT2D eigenvalue weighted by Gasteiger charge is -2.10. The number of benzene rings is 1. The maximum Gasteiger partial charge on any atom is 0.275 e. The first kappa shape index (κ1) is 15.9. The number of anilines is 2. The number of aromatic nitrogens is 2. The van der Waals surface area contributed by atoms with Crippen LogP contribution >= 0.6 is 0 Å². The molecule has 0 saturated carbocycles. The highest BCUT2D eigenvalue weighted by atomic mass is 16.1. The van der Waals surface area contributed by atoms with Crippen LogP contribution in [0.25, 0.3) is 0 Å². The zero-order valence-electron chi connectivity index (χ0n) is 13.3. The van der Waals surface area contributed by atoms with Gasteiger partial charge in [-0.15, -0.1) is 0 Å². The number of para-hydroxylation sites is 1. The van der Waals surface area contributed by atoms with Gasteiger partial charge in [-0.25, -0.2) is 9.97 Å². The molecule has 2 N–H and O–H groups in total. The van der Waals surface area contributed by atoms with Crippen molar-refractivity contribution < 1.29 is 4.79 Å². The zero-order chi connectivity index (χ0) is 15.9. The SMILES string of the molecule is CCc1ccccc1NC(=O)c1cnc(NCC(C)C)cn1. The maximum absolute atomic E-state index is 12.2. The fourth-order valence-corrected chi connectivity index (χ4v) is 1.98. The predicted octanol–water partition coefficient (Wildman–Crippen LogP) is 3.36. The average Bonchev–Trinajstić information content (AvgIpc) is 2.54. The molecule has 22 heavy (non-hydrogen) atoms. The maximum atomic E-state index is 12.2. The number of carbonyl (C=O) groups is 1. The van der Waals surface area contributed by atoms with Gasteiger partial charge in [-0.2, -0.15) is 0 Å². The van der Waals surface area contributed by atoms with Crippen LogP contribution in [-0.2, 0) is 6.42 Å². The molecule has 0 aliphatic carbocycles. The van der Waals surface area contributed by atoms with E-state index in [-0.39, 0.29) is 5.91 Å². The Hall–Kier alpha value is -2.43. The van der Waals surface area contributed by atoms with Crippen molar-refractivity contribution in [2.24, 2.45) is 5.92 Å². The molecule has 0 aliphatic heterocycles. The second-order valence-electron chi connectivity index (χ2n) is 5.53. The van der Waals surface area contributed by atoms with E-state index in [0.717, 1.165) is 24.2 Å². The molecular formula is C17H22N4O. The number of nitrogens with one attached hydrogen (secondary N) is 2. The average molecular weight is 298 g/mol. The minimum absolute atomic E-state index is 0.246. The highest BCUT2D eigenvalue weighted by Gasteiger charge is 2.10. The summed E-state index contributed by atoms with van der Waals surface area (Å²) in [7, 11) is 0. The van der Waals surface area contributed by atoms with Gasteiger partial charge in [0, 0.05) is 12.2 Å². The van der Waals surface area contributed by atoms with E-state index in [0.29, 0.717) is 17.4 Å². The topological polar surface area (TPSA) is 66.9 Å². The largest absolute Gasteiger partial charge is 0.369 e. The van der Waals surface area contributed by atoms with Gasteiger partial charge in [-0.3, -0.25) is 4.79 Å². The highest BCUT2D eigenvalue weighted by Crippen LogP contribution is 2.16. The molecular weight excluding hydrogens is 276 g/mol. The second-order valence-corrected chi connectivity index (χ2v) is 5.53. The van der Waals surface area contributed by atoms with E-state index in [4.69, 9.17) is 0 Å². The molecule has 2 rings (SSSR count). The van der Waals surface area contributed by atoms with Gasteiger partial charge in [0.15, 0.2) is 0 Å². The van der Waals surface area contributed by atoms with E-state index in [9.17, 15) is 4.79 Å². The molecule has 0 spiro atoms. The summed E-state index contributed by atoms with van der Waals surface area (Å²) in [4.78, 5) is 20.6.